The van der Waals surface area contributed by atoms with Crippen molar-refractivity contribution in [3.63, 3.8) is 0 Å². The molecule has 12 heteroatoms. The Morgan fingerprint density at radius 1 is 1.06 bits per heavy atom. The third-order valence-corrected chi connectivity index (χ3v) is 5.91. The molecule has 0 aliphatic rings. The first-order chi connectivity index (χ1) is 16.1. The summed E-state index contributed by atoms with van der Waals surface area (Å²) in [6.45, 7) is -0.0693. The molecule has 0 aliphatic carbocycles. The Hall–Kier alpha value is -3.77. The quantitative estimate of drug-likeness (QED) is 0.349. The first-order valence-electron chi connectivity index (χ1n) is 9.72. The Morgan fingerprint density at radius 2 is 1.85 bits per heavy atom. The summed E-state index contributed by atoms with van der Waals surface area (Å²) in [6.07, 6.45) is 4.89. The molecule has 0 unspecified atom stereocenters. The number of benzene rings is 1. The average molecular weight is 482 g/mol. The van der Waals surface area contributed by atoms with Crippen LogP contribution in [0.1, 0.15) is 0 Å². The van der Waals surface area contributed by atoms with E-state index in [0.29, 0.717) is 27.5 Å². The van der Waals surface area contributed by atoms with Crippen molar-refractivity contribution in [3.8, 4) is 17.1 Å². The van der Waals surface area contributed by atoms with Crippen LogP contribution in [0.2, 0.25) is 0 Å². The van der Waals surface area contributed by atoms with Gasteiger partial charge >= 0.3 is 0 Å². The van der Waals surface area contributed by atoms with Crippen LogP contribution in [0.5, 0.6) is 5.75 Å². The minimum Gasteiger partial charge on any atom is -0.497 e. The summed E-state index contributed by atoms with van der Waals surface area (Å²) >= 11 is 2.52. The second kappa shape index (κ2) is 10.7. The maximum absolute atomic E-state index is 12.5. The zero-order chi connectivity index (χ0) is 23.0. The molecule has 2 N–H and O–H groups in total. The number of carbonyl (C=O) groups excluding carboxylic acids is 2. The number of ether oxygens (including phenoxy) is 1. The van der Waals surface area contributed by atoms with E-state index in [2.05, 4.69) is 30.7 Å². The van der Waals surface area contributed by atoms with Gasteiger partial charge in [0, 0.05) is 35.2 Å². The van der Waals surface area contributed by atoms with Crippen molar-refractivity contribution in [3.05, 3.63) is 60.4 Å². The number of hydrogen-bond donors (Lipinski definition) is 2. The Labute approximate surface area is 197 Å². The van der Waals surface area contributed by atoms with Gasteiger partial charge in [-0.1, -0.05) is 11.8 Å². The Morgan fingerprint density at radius 3 is 2.55 bits per heavy atom. The van der Waals surface area contributed by atoms with Crippen molar-refractivity contribution < 1.29 is 14.3 Å². The van der Waals surface area contributed by atoms with E-state index in [1.54, 1.807) is 67.5 Å². The largest absolute Gasteiger partial charge is 0.497 e. The maximum Gasteiger partial charge on any atom is 0.247 e. The third-order valence-electron chi connectivity index (χ3n) is 4.25. The van der Waals surface area contributed by atoms with Crippen LogP contribution < -0.4 is 15.4 Å². The fourth-order valence-electron chi connectivity index (χ4n) is 2.74. The summed E-state index contributed by atoms with van der Waals surface area (Å²) in [4.78, 5) is 37.5. The summed E-state index contributed by atoms with van der Waals surface area (Å²) < 4.78 is 6.60. The van der Waals surface area contributed by atoms with Gasteiger partial charge < -0.3 is 15.4 Å². The molecule has 2 amide bonds. The van der Waals surface area contributed by atoms with E-state index in [1.165, 1.54) is 27.8 Å². The van der Waals surface area contributed by atoms with E-state index < -0.39 is 0 Å². The van der Waals surface area contributed by atoms with Crippen molar-refractivity contribution in [1.82, 2.24) is 24.7 Å². The fraction of sp³-hybridized carbons (Fsp3) is 0.143. The van der Waals surface area contributed by atoms with Crippen molar-refractivity contribution >= 4 is 45.7 Å². The summed E-state index contributed by atoms with van der Waals surface area (Å²) in [5.74, 6) is 0.736. The van der Waals surface area contributed by atoms with Crippen molar-refractivity contribution in [2.45, 2.75) is 11.7 Å². The van der Waals surface area contributed by atoms with Crippen molar-refractivity contribution in [2.75, 3.05) is 23.5 Å². The topological polar surface area (TPSA) is 124 Å². The van der Waals surface area contributed by atoms with Gasteiger partial charge in [-0.3, -0.25) is 14.6 Å². The number of anilines is 2. The summed E-state index contributed by atoms with van der Waals surface area (Å²) in [5.41, 5.74) is 1.41. The number of pyridine rings is 1. The summed E-state index contributed by atoms with van der Waals surface area (Å²) in [7, 11) is 1.58. The first kappa shape index (κ1) is 22.4. The molecule has 0 spiro atoms. The number of aromatic nitrogens is 5. The van der Waals surface area contributed by atoms with Crippen LogP contribution in [0.25, 0.3) is 11.4 Å². The van der Waals surface area contributed by atoms with Gasteiger partial charge in [0.1, 0.15) is 12.3 Å². The molecule has 3 aromatic heterocycles. The number of thioether (sulfide) groups is 1. The predicted octanol–water partition coefficient (Wildman–Crippen LogP) is 3.17. The highest BCUT2D eigenvalue weighted by Gasteiger charge is 2.17. The highest BCUT2D eigenvalue weighted by molar-refractivity contribution is 7.99. The van der Waals surface area contributed by atoms with E-state index in [0.717, 1.165) is 5.56 Å². The molecule has 4 aromatic rings. The molecule has 0 saturated carbocycles. The minimum atomic E-state index is -0.291. The van der Waals surface area contributed by atoms with Gasteiger partial charge in [0.25, 0.3) is 0 Å². The molecule has 4 rings (SSSR count). The number of nitrogens with one attached hydrogen (secondary N) is 2. The smallest absolute Gasteiger partial charge is 0.247 e. The fourth-order valence-corrected chi connectivity index (χ4v) is 4.03. The molecule has 0 aliphatic heterocycles. The van der Waals surface area contributed by atoms with Crippen LogP contribution in [0.3, 0.4) is 0 Å². The van der Waals surface area contributed by atoms with E-state index in [4.69, 9.17) is 4.74 Å². The molecule has 10 nitrogen and oxygen atoms in total. The van der Waals surface area contributed by atoms with E-state index >= 15 is 0 Å². The summed E-state index contributed by atoms with van der Waals surface area (Å²) in [6, 6.07) is 10.6. The number of methoxy groups -OCH3 is 1. The average Bonchev–Trinajstić information content (AvgIpc) is 3.49. The van der Waals surface area contributed by atoms with Gasteiger partial charge in [0.15, 0.2) is 16.1 Å². The molecule has 0 bridgehead atoms. The second-order valence-corrected chi connectivity index (χ2v) is 8.40. The standard InChI is InChI=1S/C21H19N7O3S2/c1-31-16-4-2-15(3-5-16)24-18(30)13-33-21-26-19(14-6-8-22-9-7-14)27-28(21)12-17(29)25-20-23-10-11-32-20/h2-11H,12-13H2,1H3,(H,24,30)(H,23,25,29). The number of amides is 2. The molecular weight excluding hydrogens is 462 g/mol. The lowest BCUT2D eigenvalue weighted by molar-refractivity contribution is -0.117. The third kappa shape index (κ3) is 6.14. The lowest BCUT2D eigenvalue weighted by Crippen LogP contribution is -2.20. The zero-order valence-electron chi connectivity index (χ0n) is 17.5. The Kier molecular flexibility index (Phi) is 7.27. The zero-order valence-corrected chi connectivity index (χ0v) is 19.1. The van der Waals surface area contributed by atoms with Gasteiger partial charge in [0.2, 0.25) is 11.8 Å². The molecule has 33 heavy (non-hydrogen) atoms. The van der Waals surface area contributed by atoms with Crippen molar-refractivity contribution in [1.29, 1.82) is 0 Å². The Balaban J connectivity index is 1.45. The Bertz CT molecular complexity index is 1210. The molecule has 0 saturated heterocycles. The lowest BCUT2D eigenvalue weighted by atomic mass is 10.3. The molecule has 168 valence electrons. The maximum atomic E-state index is 12.5. The number of rotatable bonds is 9. The molecule has 0 radical (unpaired) electrons. The molecule has 3 heterocycles. The van der Waals surface area contributed by atoms with Gasteiger partial charge in [0.05, 0.1) is 12.9 Å². The van der Waals surface area contributed by atoms with Crippen LogP contribution in [0.4, 0.5) is 10.8 Å². The first-order valence-corrected chi connectivity index (χ1v) is 11.6. The highest BCUT2D eigenvalue weighted by Crippen LogP contribution is 2.22. The van der Waals surface area contributed by atoms with E-state index in [9.17, 15) is 9.59 Å². The number of hydrogen-bond acceptors (Lipinski definition) is 9. The van der Waals surface area contributed by atoms with E-state index in [1.807, 2.05) is 0 Å². The molecule has 0 fully saturated rings. The lowest BCUT2D eigenvalue weighted by Gasteiger charge is -2.07. The van der Waals surface area contributed by atoms with Crippen LogP contribution in [-0.4, -0.2) is 49.4 Å². The van der Waals surface area contributed by atoms with Crippen LogP contribution in [0.15, 0.2) is 65.5 Å². The van der Waals surface area contributed by atoms with Gasteiger partial charge in [-0.25, -0.2) is 14.6 Å². The minimum absolute atomic E-state index is 0.0693. The summed E-state index contributed by atoms with van der Waals surface area (Å²) in [5, 5.41) is 12.7. The number of carbonyl (C=O) groups is 2. The van der Waals surface area contributed by atoms with Crippen LogP contribution in [0, 0.1) is 0 Å². The van der Waals surface area contributed by atoms with Gasteiger partial charge in [-0.05, 0) is 36.4 Å². The van der Waals surface area contributed by atoms with Crippen LogP contribution in [-0.2, 0) is 16.1 Å². The van der Waals surface area contributed by atoms with Crippen molar-refractivity contribution in [2.24, 2.45) is 0 Å². The normalized spacial score (nSPS) is 10.6. The monoisotopic (exact) mass is 481 g/mol. The second-order valence-electron chi connectivity index (χ2n) is 6.56. The van der Waals surface area contributed by atoms with Crippen LogP contribution >= 0.6 is 23.1 Å². The van der Waals surface area contributed by atoms with Gasteiger partial charge in [-0.2, -0.15) is 0 Å². The molecule has 0 atom stereocenters. The number of nitrogens with zero attached hydrogens (tertiary/aromatic N) is 5. The SMILES string of the molecule is COc1ccc(NC(=O)CSc2nc(-c3ccncc3)nn2CC(=O)Nc2nccs2)cc1. The number of thiazole rings is 1. The molecule has 1 aromatic carbocycles. The van der Waals surface area contributed by atoms with E-state index in [-0.39, 0.29) is 24.1 Å². The molecular formula is C21H19N7O3S2. The predicted molar refractivity (Wildman–Crippen MR) is 126 cm³/mol. The van der Waals surface area contributed by atoms with Gasteiger partial charge in [-0.15, -0.1) is 16.4 Å². The highest BCUT2D eigenvalue weighted by atomic mass is 32.2.